The van der Waals surface area contributed by atoms with Crippen LogP contribution in [-0.2, 0) is 0 Å². The van der Waals surface area contributed by atoms with E-state index in [1.807, 2.05) is 19.2 Å². The van der Waals surface area contributed by atoms with Crippen LogP contribution in [0.25, 0.3) is 0 Å². The van der Waals surface area contributed by atoms with Crippen molar-refractivity contribution in [2.24, 2.45) is 0 Å². The van der Waals surface area contributed by atoms with Crippen molar-refractivity contribution in [2.45, 2.75) is 0 Å². The largest absolute Gasteiger partial charge is 0.357 e. The lowest BCUT2D eigenvalue weighted by Crippen LogP contribution is -2.11. The number of nitrogens with zero attached hydrogens (tertiary/aromatic N) is 1. The van der Waals surface area contributed by atoms with Gasteiger partial charge in [-0.05, 0) is 12.1 Å². The van der Waals surface area contributed by atoms with Gasteiger partial charge in [-0.15, -0.1) is 11.3 Å². The van der Waals surface area contributed by atoms with E-state index < -0.39 is 0 Å². The van der Waals surface area contributed by atoms with Gasteiger partial charge in [0.25, 0.3) is 0 Å². The Balaban J connectivity index is 2.79. The number of rotatable bonds is 3. The molecule has 0 aromatic carbocycles. The number of halogens is 1. The lowest BCUT2D eigenvalue weighted by molar-refractivity contribution is 0.112. The zero-order chi connectivity index (χ0) is 8.27. The van der Waals surface area contributed by atoms with Crippen molar-refractivity contribution in [1.82, 2.24) is 0 Å². The maximum atomic E-state index is 10.3. The summed E-state index contributed by atoms with van der Waals surface area (Å²) in [7, 11) is 2.01. The van der Waals surface area contributed by atoms with Crippen molar-refractivity contribution in [3.8, 4) is 0 Å². The minimum atomic E-state index is 0.789. The van der Waals surface area contributed by atoms with Crippen LogP contribution < -0.4 is 4.90 Å². The van der Waals surface area contributed by atoms with Gasteiger partial charge in [-0.3, -0.25) is 4.79 Å². The standard InChI is InChI=1S/C7H8INOS/c1-9(5-8)7-3-2-6(4-10)11-7/h2-4H,5H2,1H3. The van der Waals surface area contributed by atoms with E-state index in [2.05, 4.69) is 27.5 Å². The molecule has 0 aliphatic rings. The van der Waals surface area contributed by atoms with Crippen LogP contribution in [0.3, 0.4) is 0 Å². The summed E-state index contributed by atoms with van der Waals surface area (Å²) in [6, 6.07) is 3.81. The predicted molar refractivity (Wildman–Crippen MR) is 57.0 cm³/mol. The molecule has 0 atom stereocenters. The first-order chi connectivity index (χ1) is 5.27. The Bertz CT molecular complexity index is 248. The molecule has 0 N–H and O–H groups in total. The highest BCUT2D eigenvalue weighted by atomic mass is 127. The van der Waals surface area contributed by atoms with Crippen molar-refractivity contribution in [2.75, 3.05) is 16.5 Å². The molecule has 0 bridgehead atoms. The second-order valence-electron chi connectivity index (χ2n) is 2.11. The maximum absolute atomic E-state index is 10.3. The highest BCUT2D eigenvalue weighted by Crippen LogP contribution is 2.23. The first-order valence-electron chi connectivity index (χ1n) is 3.10. The summed E-state index contributed by atoms with van der Waals surface area (Å²) >= 11 is 3.80. The topological polar surface area (TPSA) is 20.3 Å². The van der Waals surface area contributed by atoms with Crippen molar-refractivity contribution in [1.29, 1.82) is 0 Å². The Morgan fingerprint density at radius 2 is 2.45 bits per heavy atom. The summed E-state index contributed by atoms with van der Waals surface area (Å²) in [6.45, 7) is 0. The highest BCUT2D eigenvalue weighted by molar-refractivity contribution is 14.1. The Hall–Kier alpha value is -0.100. The van der Waals surface area contributed by atoms with Crippen molar-refractivity contribution in [3.05, 3.63) is 17.0 Å². The molecule has 0 aliphatic heterocycles. The van der Waals surface area contributed by atoms with E-state index in [0.717, 1.165) is 20.7 Å². The lowest BCUT2D eigenvalue weighted by atomic mass is 10.5. The molecule has 1 aromatic rings. The van der Waals surface area contributed by atoms with Gasteiger partial charge in [-0.2, -0.15) is 0 Å². The Kier molecular flexibility index (Phi) is 3.32. The fourth-order valence-corrected chi connectivity index (χ4v) is 2.05. The third-order valence-corrected chi connectivity index (χ3v) is 3.43. The molecular weight excluding hydrogens is 273 g/mol. The average molecular weight is 281 g/mol. The van der Waals surface area contributed by atoms with E-state index >= 15 is 0 Å². The molecule has 0 saturated heterocycles. The number of thiophene rings is 1. The number of aldehydes is 1. The zero-order valence-corrected chi connectivity index (χ0v) is 9.05. The van der Waals surface area contributed by atoms with E-state index in [-0.39, 0.29) is 0 Å². The molecular formula is C7H8INOS. The van der Waals surface area contributed by atoms with E-state index in [1.165, 1.54) is 11.3 Å². The number of alkyl halides is 1. The molecule has 1 aromatic heterocycles. The van der Waals surface area contributed by atoms with Crippen LogP contribution >= 0.6 is 33.9 Å². The first-order valence-corrected chi connectivity index (χ1v) is 5.44. The van der Waals surface area contributed by atoms with E-state index in [0.29, 0.717) is 0 Å². The maximum Gasteiger partial charge on any atom is 0.160 e. The molecule has 0 amide bonds. The summed E-state index contributed by atoms with van der Waals surface area (Å²) in [5, 5.41) is 1.14. The molecule has 4 heteroatoms. The Labute approximate surface area is 83.3 Å². The highest BCUT2D eigenvalue weighted by Gasteiger charge is 2.01. The van der Waals surface area contributed by atoms with Crippen LogP contribution in [0.5, 0.6) is 0 Å². The molecule has 1 rings (SSSR count). The molecule has 0 radical (unpaired) electrons. The monoisotopic (exact) mass is 281 g/mol. The van der Waals surface area contributed by atoms with Gasteiger partial charge >= 0.3 is 0 Å². The van der Waals surface area contributed by atoms with Gasteiger partial charge < -0.3 is 4.90 Å². The van der Waals surface area contributed by atoms with Gasteiger partial charge in [0.15, 0.2) is 6.29 Å². The van der Waals surface area contributed by atoms with Crippen molar-refractivity contribution < 1.29 is 4.79 Å². The van der Waals surface area contributed by atoms with Gasteiger partial charge in [-0.1, -0.05) is 22.6 Å². The Morgan fingerprint density at radius 1 is 1.73 bits per heavy atom. The predicted octanol–water partition coefficient (Wildman–Crippen LogP) is 2.39. The van der Waals surface area contributed by atoms with Gasteiger partial charge in [-0.25, -0.2) is 0 Å². The second-order valence-corrected chi connectivity index (χ2v) is 3.89. The van der Waals surface area contributed by atoms with E-state index in [1.54, 1.807) is 0 Å². The molecule has 0 saturated carbocycles. The van der Waals surface area contributed by atoms with Gasteiger partial charge in [0.05, 0.1) is 14.4 Å². The second kappa shape index (κ2) is 4.06. The van der Waals surface area contributed by atoms with Gasteiger partial charge in [0, 0.05) is 7.05 Å². The van der Waals surface area contributed by atoms with Crippen LogP contribution in [0.4, 0.5) is 5.00 Å². The van der Waals surface area contributed by atoms with Crippen LogP contribution in [0, 0.1) is 0 Å². The number of carbonyl (C=O) groups excluding carboxylic acids is 1. The van der Waals surface area contributed by atoms with E-state index in [4.69, 9.17) is 0 Å². The SMILES string of the molecule is CN(CI)c1ccc(C=O)s1. The molecule has 0 aliphatic carbocycles. The summed E-state index contributed by atoms with van der Waals surface area (Å²) in [6.07, 6.45) is 0.884. The number of carbonyl (C=O) groups is 1. The lowest BCUT2D eigenvalue weighted by Gasteiger charge is -2.11. The fraction of sp³-hybridized carbons (Fsp3) is 0.286. The van der Waals surface area contributed by atoms with Crippen molar-refractivity contribution in [3.63, 3.8) is 0 Å². The summed E-state index contributed by atoms with van der Waals surface area (Å²) < 4.78 is 0.941. The number of hydrogen-bond donors (Lipinski definition) is 0. The minimum absolute atomic E-state index is 0.789. The molecule has 2 nitrogen and oxygen atoms in total. The summed E-state index contributed by atoms with van der Waals surface area (Å²) in [5.41, 5.74) is 0. The summed E-state index contributed by atoms with van der Waals surface area (Å²) in [4.78, 5) is 13.2. The number of anilines is 1. The third kappa shape index (κ3) is 2.16. The molecule has 60 valence electrons. The number of hydrogen-bond acceptors (Lipinski definition) is 3. The van der Waals surface area contributed by atoms with Gasteiger partial charge in [0.1, 0.15) is 0 Å². The Morgan fingerprint density at radius 3 is 2.91 bits per heavy atom. The molecule has 1 heterocycles. The third-order valence-electron chi connectivity index (χ3n) is 1.28. The molecule has 0 fully saturated rings. The van der Waals surface area contributed by atoms with Crippen molar-refractivity contribution >= 4 is 45.2 Å². The van der Waals surface area contributed by atoms with Crippen LogP contribution in [0.15, 0.2) is 12.1 Å². The molecule has 0 unspecified atom stereocenters. The minimum Gasteiger partial charge on any atom is -0.357 e. The quantitative estimate of drug-likeness (QED) is 0.367. The zero-order valence-electron chi connectivity index (χ0n) is 6.08. The fourth-order valence-electron chi connectivity index (χ4n) is 0.670. The van der Waals surface area contributed by atoms with Crippen LogP contribution in [0.2, 0.25) is 0 Å². The van der Waals surface area contributed by atoms with Gasteiger partial charge in [0.2, 0.25) is 0 Å². The average Bonchev–Trinajstić information content (AvgIpc) is 2.50. The van der Waals surface area contributed by atoms with Crippen LogP contribution in [0.1, 0.15) is 9.67 Å². The van der Waals surface area contributed by atoms with Crippen LogP contribution in [-0.4, -0.2) is 17.9 Å². The first kappa shape index (κ1) is 8.99. The molecule has 0 spiro atoms. The smallest absolute Gasteiger partial charge is 0.160 e. The normalized spacial score (nSPS) is 9.64. The van der Waals surface area contributed by atoms with E-state index in [9.17, 15) is 4.79 Å². The summed E-state index contributed by atoms with van der Waals surface area (Å²) in [5.74, 6) is 0. The molecule has 11 heavy (non-hydrogen) atoms.